The van der Waals surface area contributed by atoms with Crippen molar-refractivity contribution in [2.45, 2.75) is 45.3 Å². The Kier molecular flexibility index (Phi) is 5.47. The third-order valence-electron chi connectivity index (χ3n) is 6.20. The Balaban J connectivity index is 1.69. The molecule has 0 spiro atoms. The molecule has 0 aliphatic carbocycles. The van der Waals surface area contributed by atoms with Gasteiger partial charge in [0.2, 0.25) is 5.43 Å². The van der Waals surface area contributed by atoms with Gasteiger partial charge < -0.3 is 19.9 Å². The molecule has 0 saturated carbocycles. The van der Waals surface area contributed by atoms with E-state index in [1.54, 1.807) is 4.90 Å². The van der Waals surface area contributed by atoms with E-state index in [1.165, 1.54) is 10.8 Å². The van der Waals surface area contributed by atoms with Crippen molar-refractivity contribution in [1.29, 1.82) is 0 Å². The number of hydrogen-bond donors (Lipinski definition) is 2. The summed E-state index contributed by atoms with van der Waals surface area (Å²) in [5, 5.41) is 12.7. The lowest BCUT2D eigenvalue weighted by Gasteiger charge is -2.37. The van der Waals surface area contributed by atoms with Gasteiger partial charge in [-0.3, -0.25) is 14.4 Å². The Labute approximate surface area is 181 Å². The predicted molar refractivity (Wildman–Crippen MR) is 108 cm³/mol. The zero-order valence-corrected chi connectivity index (χ0v) is 17.5. The number of amides is 2. The fourth-order valence-electron chi connectivity index (χ4n) is 4.66. The second kappa shape index (κ2) is 7.99. The standard InChI is InChI=1S/C22H22F3N3O4/c1-10-3-11(2)27-8-13(4-10)28-9-15(19(29)20(30)18(28)22(27)32)21(31)26-7-14-16(24)5-12(23)6-17(14)25/h5-6,9-11,13,30H,3-4,7-8H2,1-2H3,(H,26,31)/t10?,11-,13-/m0/s1. The minimum absolute atomic E-state index is 0.0609. The van der Waals surface area contributed by atoms with Crippen LogP contribution in [0.25, 0.3) is 0 Å². The van der Waals surface area contributed by atoms with E-state index >= 15 is 0 Å². The minimum Gasteiger partial charge on any atom is -0.503 e. The van der Waals surface area contributed by atoms with Crippen molar-refractivity contribution in [3.05, 3.63) is 62.8 Å². The lowest BCUT2D eigenvalue weighted by molar-refractivity contribution is 0.0604. The number of aromatic nitrogens is 1. The van der Waals surface area contributed by atoms with Gasteiger partial charge in [0.15, 0.2) is 11.4 Å². The highest BCUT2D eigenvalue weighted by molar-refractivity contribution is 5.99. The number of benzene rings is 1. The molecule has 2 aliphatic rings. The number of carbonyl (C=O) groups is 2. The molecular formula is C22H22F3N3O4. The van der Waals surface area contributed by atoms with Crippen LogP contribution in [0.15, 0.2) is 23.1 Å². The van der Waals surface area contributed by atoms with Crippen molar-refractivity contribution >= 4 is 11.8 Å². The summed E-state index contributed by atoms with van der Waals surface area (Å²) in [6.07, 6.45) is 2.66. The van der Waals surface area contributed by atoms with Gasteiger partial charge in [0.25, 0.3) is 11.8 Å². The number of nitrogens with one attached hydrogen (secondary N) is 1. The first kappa shape index (κ1) is 21.9. The van der Waals surface area contributed by atoms with Crippen LogP contribution in [0.5, 0.6) is 5.75 Å². The van der Waals surface area contributed by atoms with Gasteiger partial charge in [0.05, 0.1) is 6.04 Å². The molecule has 2 aromatic rings. The predicted octanol–water partition coefficient (Wildman–Crippen LogP) is 2.72. The molecule has 2 bridgehead atoms. The molecule has 1 saturated heterocycles. The maximum Gasteiger partial charge on any atom is 0.274 e. The van der Waals surface area contributed by atoms with Crippen LogP contribution >= 0.6 is 0 Å². The maximum absolute atomic E-state index is 13.8. The largest absolute Gasteiger partial charge is 0.503 e. The first-order valence-electron chi connectivity index (χ1n) is 10.3. The Hall–Kier alpha value is -3.30. The van der Waals surface area contributed by atoms with Gasteiger partial charge in [-0.2, -0.15) is 0 Å². The van der Waals surface area contributed by atoms with Crippen LogP contribution in [0.3, 0.4) is 0 Å². The van der Waals surface area contributed by atoms with E-state index in [0.29, 0.717) is 25.1 Å². The molecule has 2 N–H and O–H groups in total. The van der Waals surface area contributed by atoms with Crippen molar-refractivity contribution < 1.29 is 27.9 Å². The minimum atomic E-state index is -1.18. The van der Waals surface area contributed by atoms with Crippen molar-refractivity contribution in [1.82, 2.24) is 14.8 Å². The topological polar surface area (TPSA) is 91.6 Å². The van der Waals surface area contributed by atoms with E-state index in [2.05, 4.69) is 5.32 Å². The molecule has 1 unspecified atom stereocenters. The van der Waals surface area contributed by atoms with Crippen molar-refractivity contribution in [3.8, 4) is 5.75 Å². The quantitative estimate of drug-likeness (QED) is 0.754. The highest BCUT2D eigenvalue weighted by Crippen LogP contribution is 2.36. The van der Waals surface area contributed by atoms with Gasteiger partial charge in [-0.05, 0) is 25.7 Å². The van der Waals surface area contributed by atoms with Crippen LogP contribution < -0.4 is 10.7 Å². The zero-order chi connectivity index (χ0) is 23.3. The molecule has 3 heterocycles. The third kappa shape index (κ3) is 3.63. The zero-order valence-electron chi connectivity index (χ0n) is 17.5. The van der Waals surface area contributed by atoms with Crippen molar-refractivity contribution in [3.63, 3.8) is 0 Å². The third-order valence-corrected chi connectivity index (χ3v) is 6.20. The monoisotopic (exact) mass is 449 g/mol. The molecule has 32 heavy (non-hydrogen) atoms. The van der Waals surface area contributed by atoms with Crippen LogP contribution in [0, 0.1) is 23.4 Å². The van der Waals surface area contributed by atoms with Gasteiger partial charge in [0, 0.05) is 43.0 Å². The number of carbonyl (C=O) groups excluding carboxylic acids is 2. The SMILES string of the molecule is CC1C[C@H]2CN(C(=O)c3c(O)c(=O)c(C(=O)NCc4c(F)cc(F)cc4F)cn32)[C@@H](C)C1. The highest BCUT2D eigenvalue weighted by Gasteiger charge is 2.40. The Morgan fingerprint density at radius 3 is 2.47 bits per heavy atom. The fourth-order valence-corrected chi connectivity index (χ4v) is 4.66. The van der Waals surface area contributed by atoms with Gasteiger partial charge in [0.1, 0.15) is 23.0 Å². The summed E-state index contributed by atoms with van der Waals surface area (Å²) in [6, 6.07) is 0.660. The number of hydrogen-bond acceptors (Lipinski definition) is 4. The number of halogens is 3. The highest BCUT2D eigenvalue weighted by atomic mass is 19.1. The summed E-state index contributed by atoms with van der Waals surface area (Å²) in [5.74, 6) is -5.49. The summed E-state index contributed by atoms with van der Waals surface area (Å²) in [4.78, 5) is 39.9. The second-order valence-electron chi connectivity index (χ2n) is 8.54. The maximum atomic E-state index is 13.8. The van der Waals surface area contributed by atoms with Gasteiger partial charge >= 0.3 is 0 Å². The number of pyridine rings is 1. The van der Waals surface area contributed by atoms with Crippen LogP contribution in [-0.4, -0.2) is 39.0 Å². The van der Waals surface area contributed by atoms with E-state index in [4.69, 9.17) is 0 Å². The first-order valence-corrected chi connectivity index (χ1v) is 10.3. The molecule has 10 heteroatoms. The number of rotatable bonds is 3. The number of fused-ring (bicyclic) bond motifs is 4. The fraction of sp³-hybridized carbons (Fsp3) is 0.409. The lowest BCUT2D eigenvalue weighted by atomic mass is 9.97. The van der Waals surface area contributed by atoms with Crippen LogP contribution in [0.2, 0.25) is 0 Å². The van der Waals surface area contributed by atoms with Gasteiger partial charge in [-0.15, -0.1) is 0 Å². The summed E-state index contributed by atoms with van der Waals surface area (Å²) >= 11 is 0. The first-order chi connectivity index (χ1) is 15.1. The molecule has 170 valence electrons. The van der Waals surface area contributed by atoms with Crippen molar-refractivity contribution in [2.24, 2.45) is 5.92 Å². The summed E-state index contributed by atoms with van der Waals surface area (Å²) in [5.41, 5.74) is -2.25. The van der Waals surface area contributed by atoms with Crippen LogP contribution in [0.4, 0.5) is 13.2 Å². The summed E-state index contributed by atoms with van der Waals surface area (Å²) in [6.45, 7) is 3.71. The van der Waals surface area contributed by atoms with Crippen molar-refractivity contribution in [2.75, 3.05) is 6.54 Å². The van der Waals surface area contributed by atoms with Crippen LogP contribution in [-0.2, 0) is 6.54 Å². The van der Waals surface area contributed by atoms with E-state index in [-0.39, 0.29) is 23.7 Å². The van der Waals surface area contributed by atoms with Crippen LogP contribution in [0.1, 0.15) is 59.1 Å². The molecular weight excluding hydrogens is 427 g/mol. The van der Waals surface area contributed by atoms with E-state index < -0.39 is 58.1 Å². The molecule has 3 atom stereocenters. The smallest absolute Gasteiger partial charge is 0.274 e. The average molecular weight is 449 g/mol. The number of aromatic hydroxyl groups is 1. The lowest BCUT2D eigenvalue weighted by Crippen LogP contribution is -2.47. The molecule has 0 radical (unpaired) electrons. The Morgan fingerprint density at radius 2 is 1.81 bits per heavy atom. The molecule has 1 fully saturated rings. The molecule has 2 aliphatic heterocycles. The number of nitrogens with zero attached hydrogens (tertiary/aromatic N) is 2. The molecule has 1 aromatic carbocycles. The van der Waals surface area contributed by atoms with Gasteiger partial charge in [-0.25, -0.2) is 13.2 Å². The Morgan fingerprint density at radius 1 is 1.16 bits per heavy atom. The van der Waals surface area contributed by atoms with E-state index in [9.17, 15) is 32.7 Å². The summed E-state index contributed by atoms with van der Waals surface area (Å²) < 4.78 is 42.2. The molecule has 1 aromatic heterocycles. The van der Waals surface area contributed by atoms with E-state index in [1.807, 2.05) is 13.8 Å². The van der Waals surface area contributed by atoms with E-state index in [0.717, 1.165) is 6.42 Å². The van der Waals surface area contributed by atoms with Gasteiger partial charge in [-0.1, -0.05) is 6.92 Å². The average Bonchev–Trinajstić information content (AvgIpc) is 2.83. The molecule has 4 rings (SSSR count). The molecule has 7 nitrogen and oxygen atoms in total. The molecule has 2 amide bonds. The second-order valence-corrected chi connectivity index (χ2v) is 8.54. The summed E-state index contributed by atoms with van der Waals surface area (Å²) in [7, 11) is 0. The Bertz CT molecular complexity index is 1160. The normalized spacial score (nSPS) is 22.3.